The minimum Gasteiger partial charge on any atom is -0.496 e. The molecule has 1 saturated carbocycles. The average Bonchev–Trinajstić information content (AvgIpc) is 2.53. The molecule has 0 heterocycles. The molecule has 4 heteroatoms. The first-order valence-corrected chi connectivity index (χ1v) is 7.40. The summed E-state index contributed by atoms with van der Waals surface area (Å²) < 4.78 is 24.7. The normalized spacial score (nSPS) is 23.6. The summed E-state index contributed by atoms with van der Waals surface area (Å²) in [6.07, 6.45) is 5.50. The molecular weight excluding hydrogens is 271 g/mol. The zero-order valence-corrected chi connectivity index (χ0v) is 12.4. The third-order valence-electron chi connectivity index (χ3n) is 4.11. The van der Waals surface area contributed by atoms with Gasteiger partial charge in [-0.05, 0) is 49.8 Å². The predicted octanol–water partition coefficient (Wildman–Crippen LogP) is 3.63. The molecule has 3 nitrogen and oxygen atoms in total. The van der Waals surface area contributed by atoms with Crippen LogP contribution in [0.15, 0.2) is 30.9 Å². The van der Waals surface area contributed by atoms with E-state index < -0.39 is 6.10 Å². The Bertz CT molecular complexity index is 467. The lowest BCUT2D eigenvalue weighted by Gasteiger charge is -2.30. The minimum atomic E-state index is -0.555. The van der Waals surface area contributed by atoms with Gasteiger partial charge in [-0.1, -0.05) is 6.08 Å². The summed E-state index contributed by atoms with van der Waals surface area (Å²) in [5.74, 6) is 0.736. The Morgan fingerprint density at radius 1 is 1.38 bits per heavy atom. The van der Waals surface area contributed by atoms with Gasteiger partial charge in [-0.25, -0.2) is 4.39 Å². The van der Waals surface area contributed by atoms with E-state index in [1.165, 1.54) is 19.2 Å². The second-order valence-corrected chi connectivity index (χ2v) is 5.47. The Hall–Kier alpha value is -1.39. The molecule has 1 aromatic rings. The molecule has 1 N–H and O–H groups in total. The molecule has 0 spiro atoms. The first-order chi connectivity index (χ1) is 10.2. The van der Waals surface area contributed by atoms with Crippen LogP contribution < -0.4 is 4.74 Å². The summed E-state index contributed by atoms with van der Waals surface area (Å²) in [5, 5.41) is 9.60. The number of aliphatic hydroxyl groups is 1. The van der Waals surface area contributed by atoms with E-state index in [9.17, 15) is 9.50 Å². The maximum Gasteiger partial charge on any atom is 0.124 e. The second-order valence-electron chi connectivity index (χ2n) is 5.47. The molecule has 1 unspecified atom stereocenters. The van der Waals surface area contributed by atoms with Gasteiger partial charge < -0.3 is 14.6 Å². The zero-order valence-electron chi connectivity index (χ0n) is 12.4. The largest absolute Gasteiger partial charge is 0.496 e. The van der Waals surface area contributed by atoms with Crippen LogP contribution in [0, 0.1) is 11.7 Å². The van der Waals surface area contributed by atoms with Crippen LogP contribution in [0.2, 0.25) is 0 Å². The van der Waals surface area contributed by atoms with Crippen LogP contribution >= 0.6 is 0 Å². The first kappa shape index (κ1) is 16.0. The lowest BCUT2D eigenvalue weighted by Crippen LogP contribution is -2.24. The lowest BCUT2D eigenvalue weighted by molar-refractivity contribution is -0.0591. The van der Waals surface area contributed by atoms with Crippen LogP contribution in [0.1, 0.15) is 37.4 Å². The zero-order chi connectivity index (χ0) is 15.2. The molecule has 0 saturated heterocycles. The van der Waals surface area contributed by atoms with Crippen LogP contribution in [0.3, 0.4) is 0 Å². The quantitative estimate of drug-likeness (QED) is 0.814. The highest BCUT2D eigenvalue weighted by Gasteiger charge is 2.25. The molecule has 0 amide bonds. The Morgan fingerprint density at radius 2 is 2.10 bits per heavy atom. The van der Waals surface area contributed by atoms with Crippen molar-refractivity contribution in [2.75, 3.05) is 13.7 Å². The Labute approximate surface area is 125 Å². The molecule has 2 rings (SSSR count). The van der Waals surface area contributed by atoms with Gasteiger partial charge in [-0.2, -0.15) is 0 Å². The number of hydrogen-bond acceptors (Lipinski definition) is 3. The fraction of sp³-hybridized carbons (Fsp3) is 0.529. The highest BCUT2D eigenvalue weighted by Crippen LogP contribution is 2.33. The van der Waals surface area contributed by atoms with E-state index in [-0.39, 0.29) is 18.5 Å². The number of methoxy groups -OCH3 is 1. The molecule has 21 heavy (non-hydrogen) atoms. The van der Waals surface area contributed by atoms with Crippen LogP contribution in [0.25, 0.3) is 0 Å². The third-order valence-corrected chi connectivity index (χ3v) is 4.11. The fourth-order valence-corrected chi connectivity index (χ4v) is 2.86. The molecule has 1 atom stereocenters. The van der Waals surface area contributed by atoms with Crippen molar-refractivity contribution in [2.45, 2.75) is 37.9 Å². The number of ether oxygens (including phenoxy) is 2. The maximum atomic E-state index is 13.5. The van der Waals surface area contributed by atoms with E-state index in [1.54, 1.807) is 6.07 Å². The number of aliphatic hydroxyl groups excluding tert-OH is 1. The smallest absolute Gasteiger partial charge is 0.124 e. The van der Waals surface area contributed by atoms with Crippen molar-refractivity contribution >= 4 is 0 Å². The average molecular weight is 294 g/mol. The molecule has 0 aromatic heterocycles. The van der Waals surface area contributed by atoms with E-state index in [4.69, 9.17) is 9.47 Å². The highest BCUT2D eigenvalue weighted by molar-refractivity contribution is 5.36. The van der Waals surface area contributed by atoms with Gasteiger partial charge in [-0.3, -0.25) is 0 Å². The number of benzene rings is 1. The third kappa shape index (κ3) is 4.05. The second kappa shape index (κ2) is 7.57. The summed E-state index contributed by atoms with van der Waals surface area (Å²) in [4.78, 5) is 0. The van der Waals surface area contributed by atoms with Gasteiger partial charge in [0.15, 0.2) is 0 Å². The molecular formula is C17H23FO3. The summed E-state index contributed by atoms with van der Waals surface area (Å²) in [5.41, 5.74) is 0.561. The van der Waals surface area contributed by atoms with Crippen molar-refractivity contribution in [2.24, 2.45) is 5.92 Å². The van der Waals surface area contributed by atoms with E-state index in [0.717, 1.165) is 25.7 Å². The standard InChI is InChI=1S/C17H23FO3/c1-3-12-4-7-14(8-5-12)21-17(11-19)15-10-13(18)6-9-16(15)20-2/h3,6,9-10,12,14,17,19H,1,4-5,7-8,11H2,2H3. The van der Waals surface area contributed by atoms with Crippen LogP contribution in [0.4, 0.5) is 4.39 Å². The van der Waals surface area contributed by atoms with E-state index in [1.807, 2.05) is 6.08 Å². The highest BCUT2D eigenvalue weighted by atomic mass is 19.1. The maximum absolute atomic E-state index is 13.5. The summed E-state index contributed by atoms with van der Waals surface area (Å²) in [7, 11) is 1.53. The molecule has 1 aromatic carbocycles. The molecule has 0 radical (unpaired) electrons. The van der Waals surface area contributed by atoms with Gasteiger partial charge in [0.25, 0.3) is 0 Å². The summed E-state index contributed by atoms with van der Waals surface area (Å²) in [6.45, 7) is 3.63. The van der Waals surface area contributed by atoms with Crippen LogP contribution in [-0.2, 0) is 4.74 Å². The van der Waals surface area contributed by atoms with Gasteiger partial charge in [0.2, 0.25) is 0 Å². The van der Waals surface area contributed by atoms with Crippen molar-refractivity contribution in [3.63, 3.8) is 0 Å². The van der Waals surface area contributed by atoms with Crippen LogP contribution in [-0.4, -0.2) is 24.9 Å². The molecule has 0 bridgehead atoms. The summed E-state index contributed by atoms with van der Waals surface area (Å²) >= 11 is 0. The van der Waals surface area contributed by atoms with Crippen molar-refractivity contribution in [1.29, 1.82) is 0 Å². The van der Waals surface area contributed by atoms with Crippen molar-refractivity contribution in [3.8, 4) is 5.75 Å². The Kier molecular flexibility index (Phi) is 5.76. The fourth-order valence-electron chi connectivity index (χ4n) is 2.86. The van der Waals surface area contributed by atoms with Gasteiger partial charge in [0.05, 0.1) is 19.8 Å². The molecule has 1 aliphatic rings. The van der Waals surface area contributed by atoms with E-state index in [0.29, 0.717) is 17.2 Å². The van der Waals surface area contributed by atoms with Crippen molar-refractivity contribution in [1.82, 2.24) is 0 Å². The number of rotatable bonds is 6. The monoisotopic (exact) mass is 294 g/mol. The van der Waals surface area contributed by atoms with Crippen molar-refractivity contribution in [3.05, 3.63) is 42.2 Å². The van der Waals surface area contributed by atoms with E-state index in [2.05, 4.69) is 6.58 Å². The lowest BCUT2D eigenvalue weighted by atomic mass is 9.87. The van der Waals surface area contributed by atoms with Gasteiger partial charge in [-0.15, -0.1) is 6.58 Å². The Balaban J connectivity index is 2.06. The van der Waals surface area contributed by atoms with E-state index >= 15 is 0 Å². The topological polar surface area (TPSA) is 38.7 Å². The first-order valence-electron chi connectivity index (χ1n) is 7.40. The number of allylic oxidation sites excluding steroid dienone is 1. The van der Waals surface area contributed by atoms with Gasteiger partial charge in [0, 0.05) is 5.56 Å². The molecule has 116 valence electrons. The molecule has 0 aliphatic heterocycles. The predicted molar refractivity (Wildman–Crippen MR) is 79.8 cm³/mol. The van der Waals surface area contributed by atoms with Gasteiger partial charge in [0.1, 0.15) is 17.7 Å². The minimum absolute atomic E-state index is 0.0892. The molecule has 1 fully saturated rings. The number of halogens is 1. The summed E-state index contributed by atoms with van der Waals surface area (Å²) in [6, 6.07) is 4.27. The van der Waals surface area contributed by atoms with Gasteiger partial charge >= 0.3 is 0 Å². The Morgan fingerprint density at radius 3 is 2.67 bits per heavy atom. The molecule has 1 aliphatic carbocycles. The van der Waals surface area contributed by atoms with Crippen LogP contribution in [0.5, 0.6) is 5.75 Å². The SMILES string of the molecule is C=CC1CCC(OC(CO)c2cc(F)ccc2OC)CC1. The number of hydrogen-bond donors (Lipinski definition) is 1. The van der Waals surface area contributed by atoms with Crippen molar-refractivity contribution < 1.29 is 19.0 Å².